The lowest BCUT2D eigenvalue weighted by Crippen LogP contribution is -2.25. The van der Waals surface area contributed by atoms with Crippen LogP contribution in [0, 0.1) is 0 Å². The molecule has 2 aromatic heterocycles. The molecular formula is C16H15N3O2S. The fourth-order valence-corrected chi connectivity index (χ4v) is 2.85. The number of amides is 1. The quantitative estimate of drug-likeness (QED) is 0.727. The van der Waals surface area contributed by atoms with E-state index < -0.39 is 0 Å². The van der Waals surface area contributed by atoms with Gasteiger partial charge in [-0.2, -0.15) is 0 Å². The third-order valence-corrected chi connectivity index (χ3v) is 4.30. The topological polar surface area (TPSA) is 68.0 Å². The Bertz CT molecular complexity index is 740. The van der Waals surface area contributed by atoms with Crippen molar-refractivity contribution < 1.29 is 9.21 Å². The highest BCUT2D eigenvalue weighted by molar-refractivity contribution is 8.00. The highest BCUT2D eigenvalue weighted by Gasteiger charge is 2.21. The standard InChI is InChI=1S/C16H15N3O2S/c1-2-13(15(20)19-14-9-5-6-10-17-14)22-16-18-11-7-3-4-8-12(11)21-16/h3-10,13H,2H2,1H3,(H,17,19,20). The van der Waals surface area contributed by atoms with E-state index in [-0.39, 0.29) is 11.2 Å². The molecule has 0 aliphatic heterocycles. The second-order valence-corrected chi connectivity index (χ2v) is 5.82. The van der Waals surface area contributed by atoms with Crippen LogP contribution >= 0.6 is 11.8 Å². The average Bonchev–Trinajstić information content (AvgIpc) is 2.96. The lowest BCUT2D eigenvalue weighted by atomic mass is 10.3. The summed E-state index contributed by atoms with van der Waals surface area (Å²) in [4.78, 5) is 20.8. The molecule has 0 aliphatic carbocycles. The Labute approximate surface area is 132 Å². The summed E-state index contributed by atoms with van der Waals surface area (Å²) in [5.41, 5.74) is 1.52. The van der Waals surface area contributed by atoms with E-state index in [0.29, 0.717) is 17.5 Å². The first-order valence-corrected chi connectivity index (χ1v) is 7.88. The Morgan fingerprint density at radius 2 is 2.09 bits per heavy atom. The zero-order valence-corrected chi connectivity index (χ0v) is 12.8. The van der Waals surface area contributed by atoms with Crippen molar-refractivity contribution in [2.75, 3.05) is 5.32 Å². The Kier molecular flexibility index (Phi) is 4.39. The van der Waals surface area contributed by atoms with E-state index in [0.717, 1.165) is 11.1 Å². The van der Waals surface area contributed by atoms with Gasteiger partial charge in [-0.05, 0) is 30.7 Å². The number of hydrogen-bond acceptors (Lipinski definition) is 5. The number of oxazole rings is 1. The molecule has 0 saturated carbocycles. The van der Waals surface area contributed by atoms with Gasteiger partial charge in [-0.1, -0.05) is 36.9 Å². The lowest BCUT2D eigenvalue weighted by Gasteiger charge is -2.11. The Hall–Kier alpha value is -2.34. The molecule has 22 heavy (non-hydrogen) atoms. The molecule has 1 unspecified atom stereocenters. The van der Waals surface area contributed by atoms with Crippen molar-refractivity contribution in [1.82, 2.24) is 9.97 Å². The second kappa shape index (κ2) is 6.62. The van der Waals surface area contributed by atoms with Crippen molar-refractivity contribution in [2.24, 2.45) is 0 Å². The van der Waals surface area contributed by atoms with Crippen LogP contribution in [0.15, 0.2) is 58.3 Å². The molecule has 112 valence electrons. The van der Waals surface area contributed by atoms with Crippen LogP contribution in [0.4, 0.5) is 5.82 Å². The van der Waals surface area contributed by atoms with E-state index in [1.165, 1.54) is 11.8 Å². The van der Waals surface area contributed by atoms with Crippen LogP contribution in [0.2, 0.25) is 0 Å². The molecule has 0 fully saturated rings. The van der Waals surface area contributed by atoms with Gasteiger partial charge in [0.05, 0.1) is 5.25 Å². The van der Waals surface area contributed by atoms with Crippen LogP contribution < -0.4 is 5.32 Å². The van der Waals surface area contributed by atoms with Gasteiger partial charge < -0.3 is 9.73 Å². The van der Waals surface area contributed by atoms with Crippen molar-refractivity contribution in [2.45, 2.75) is 23.8 Å². The third kappa shape index (κ3) is 3.28. The summed E-state index contributed by atoms with van der Waals surface area (Å²) in [5.74, 6) is 0.442. The fraction of sp³-hybridized carbons (Fsp3) is 0.188. The summed E-state index contributed by atoms with van der Waals surface area (Å²) in [7, 11) is 0. The monoisotopic (exact) mass is 313 g/mol. The predicted octanol–water partition coefficient (Wildman–Crippen LogP) is 3.73. The van der Waals surface area contributed by atoms with E-state index in [2.05, 4.69) is 15.3 Å². The van der Waals surface area contributed by atoms with E-state index in [1.807, 2.05) is 37.3 Å². The van der Waals surface area contributed by atoms with Gasteiger partial charge in [0, 0.05) is 6.20 Å². The van der Waals surface area contributed by atoms with Crippen molar-refractivity contribution in [3.8, 4) is 0 Å². The van der Waals surface area contributed by atoms with Crippen LogP contribution in [-0.4, -0.2) is 21.1 Å². The average molecular weight is 313 g/mol. The first-order chi connectivity index (χ1) is 10.8. The summed E-state index contributed by atoms with van der Waals surface area (Å²) in [6.07, 6.45) is 2.31. The number of para-hydroxylation sites is 2. The number of rotatable bonds is 5. The zero-order valence-electron chi connectivity index (χ0n) is 12.0. The smallest absolute Gasteiger partial charge is 0.257 e. The molecule has 0 saturated heterocycles. The molecule has 3 rings (SSSR count). The molecule has 5 nitrogen and oxygen atoms in total. The molecule has 2 heterocycles. The van der Waals surface area contributed by atoms with Gasteiger partial charge in [-0.3, -0.25) is 4.79 Å². The molecular weight excluding hydrogens is 298 g/mol. The highest BCUT2D eigenvalue weighted by atomic mass is 32.2. The van der Waals surface area contributed by atoms with Crippen LogP contribution in [-0.2, 0) is 4.79 Å². The largest absolute Gasteiger partial charge is 0.431 e. The molecule has 1 N–H and O–H groups in total. The maximum atomic E-state index is 12.3. The van der Waals surface area contributed by atoms with Gasteiger partial charge in [0.2, 0.25) is 5.91 Å². The molecule has 3 aromatic rings. The number of fused-ring (bicyclic) bond motifs is 1. The fourth-order valence-electron chi connectivity index (χ4n) is 1.99. The number of hydrogen-bond donors (Lipinski definition) is 1. The molecule has 0 radical (unpaired) electrons. The van der Waals surface area contributed by atoms with Crippen molar-refractivity contribution in [3.05, 3.63) is 48.7 Å². The Morgan fingerprint density at radius 1 is 1.27 bits per heavy atom. The number of anilines is 1. The van der Waals surface area contributed by atoms with Gasteiger partial charge >= 0.3 is 0 Å². The predicted molar refractivity (Wildman–Crippen MR) is 86.8 cm³/mol. The number of carbonyl (C=O) groups excluding carboxylic acids is 1. The van der Waals surface area contributed by atoms with E-state index in [9.17, 15) is 4.79 Å². The van der Waals surface area contributed by atoms with Crippen LogP contribution in [0.3, 0.4) is 0 Å². The maximum Gasteiger partial charge on any atom is 0.257 e. The summed E-state index contributed by atoms with van der Waals surface area (Å²) in [5, 5.41) is 3.03. The van der Waals surface area contributed by atoms with Crippen LogP contribution in [0.1, 0.15) is 13.3 Å². The van der Waals surface area contributed by atoms with E-state index in [4.69, 9.17) is 4.42 Å². The molecule has 1 amide bonds. The van der Waals surface area contributed by atoms with Gasteiger partial charge in [0.1, 0.15) is 11.3 Å². The second-order valence-electron chi connectivity index (χ2n) is 4.67. The van der Waals surface area contributed by atoms with Crippen molar-refractivity contribution in [3.63, 3.8) is 0 Å². The molecule has 1 aromatic carbocycles. The maximum absolute atomic E-state index is 12.3. The van der Waals surface area contributed by atoms with Gasteiger partial charge in [0.25, 0.3) is 5.22 Å². The van der Waals surface area contributed by atoms with Gasteiger partial charge in [0.15, 0.2) is 5.58 Å². The number of aromatic nitrogens is 2. The molecule has 0 spiro atoms. The van der Waals surface area contributed by atoms with E-state index in [1.54, 1.807) is 18.3 Å². The van der Waals surface area contributed by atoms with Gasteiger partial charge in [-0.15, -0.1) is 0 Å². The van der Waals surface area contributed by atoms with Crippen LogP contribution in [0.5, 0.6) is 0 Å². The number of benzene rings is 1. The third-order valence-electron chi connectivity index (χ3n) is 3.10. The molecule has 0 bridgehead atoms. The number of nitrogens with one attached hydrogen (secondary N) is 1. The lowest BCUT2D eigenvalue weighted by molar-refractivity contribution is -0.115. The first-order valence-electron chi connectivity index (χ1n) is 7.00. The van der Waals surface area contributed by atoms with Gasteiger partial charge in [-0.25, -0.2) is 9.97 Å². The Morgan fingerprint density at radius 3 is 2.82 bits per heavy atom. The summed E-state index contributed by atoms with van der Waals surface area (Å²) in [6.45, 7) is 1.96. The van der Waals surface area contributed by atoms with Crippen molar-refractivity contribution in [1.29, 1.82) is 0 Å². The summed E-state index contributed by atoms with van der Waals surface area (Å²) in [6, 6.07) is 12.9. The van der Waals surface area contributed by atoms with Crippen LogP contribution in [0.25, 0.3) is 11.1 Å². The van der Waals surface area contributed by atoms with Crippen molar-refractivity contribution >= 4 is 34.6 Å². The first kappa shape index (κ1) is 14.6. The summed E-state index contributed by atoms with van der Waals surface area (Å²) < 4.78 is 5.66. The highest BCUT2D eigenvalue weighted by Crippen LogP contribution is 2.28. The Balaban J connectivity index is 1.72. The van der Waals surface area contributed by atoms with E-state index >= 15 is 0 Å². The minimum Gasteiger partial charge on any atom is -0.431 e. The number of carbonyl (C=O) groups is 1. The SMILES string of the molecule is CCC(Sc1nc2ccccc2o1)C(=O)Nc1ccccn1. The normalized spacial score (nSPS) is 12.2. The minimum atomic E-state index is -0.282. The zero-order chi connectivity index (χ0) is 15.4. The minimum absolute atomic E-state index is 0.103. The molecule has 1 atom stereocenters. The number of thioether (sulfide) groups is 1. The summed E-state index contributed by atoms with van der Waals surface area (Å²) >= 11 is 1.32. The number of pyridine rings is 1. The molecule has 0 aliphatic rings. The number of nitrogens with zero attached hydrogens (tertiary/aromatic N) is 2. The molecule has 6 heteroatoms.